The van der Waals surface area contributed by atoms with Gasteiger partial charge in [-0.2, -0.15) is 0 Å². The number of likely N-dealkylation sites (N-methyl/N-ethyl adjacent to an activating group) is 2. The van der Waals surface area contributed by atoms with Crippen LogP contribution in [0.15, 0.2) is 0 Å². The smallest absolute Gasteiger partial charge is 0.239 e. The Morgan fingerprint density at radius 2 is 2.19 bits per heavy atom. The molecule has 1 amide bonds. The molecule has 1 rings (SSSR count). The Kier molecular flexibility index (Phi) is 4.74. The van der Waals surface area contributed by atoms with E-state index in [9.17, 15) is 4.79 Å². The highest BCUT2D eigenvalue weighted by Crippen LogP contribution is 2.16. The van der Waals surface area contributed by atoms with Crippen molar-refractivity contribution in [2.24, 2.45) is 11.7 Å². The molecule has 0 aromatic heterocycles. The third-order valence-electron chi connectivity index (χ3n) is 3.54. The largest absolute Gasteiger partial charge is 0.343 e. The summed E-state index contributed by atoms with van der Waals surface area (Å²) in [5, 5.41) is 0. The minimum absolute atomic E-state index is 0.0651. The Bertz CT molecular complexity index is 242. The van der Waals surface area contributed by atoms with Crippen LogP contribution in [0.4, 0.5) is 0 Å². The van der Waals surface area contributed by atoms with E-state index < -0.39 is 0 Å². The molecule has 1 aliphatic heterocycles. The van der Waals surface area contributed by atoms with E-state index in [4.69, 9.17) is 5.73 Å². The summed E-state index contributed by atoms with van der Waals surface area (Å²) in [5.74, 6) is 0.270. The average molecular weight is 227 g/mol. The number of carbonyl (C=O) groups excluding carboxylic acids is 1. The van der Waals surface area contributed by atoms with Gasteiger partial charge in [0, 0.05) is 19.6 Å². The normalized spacial score (nSPS) is 23.8. The zero-order chi connectivity index (χ0) is 12.3. The predicted molar refractivity (Wildman–Crippen MR) is 66.1 cm³/mol. The summed E-state index contributed by atoms with van der Waals surface area (Å²) in [6.45, 7) is 5.91. The fourth-order valence-electron chi connectivity index (χ4n) is 2.16. The van der Waals surface area contributed by atoms with Crippen LogP contribution in [0.1, 0.15) is 26.7 Å². The molecule has 0 aliphatic carbocycles. The van der Waals surface area contributed by atoms with Gasteiger partial charge in [0.05, 0.1) is 6.04 Å². The summed E-state index contributed by atoms with van der Waals surface area (Å²) in [4.78, 5) is 16.1. The van der Waals surface area contributed by atoms with Crippen LogP contribution in [0.25, 0.3) is 0 Å². The zero-order valence-corrected chi connectivity index (χ0v) is 10.9. The highest BCUT2D eigenvalue weighted by molar-refractivity contribution is 5.81. The van der Waals surface area contributed by atoms with Crippen LogP contribution in [0, 0.1) is 5.92 Å². The molecule has 16 heavy (non-hydrogen) atoms. The molecule has 1 saturated heterocycles. The van der Waals surface area contributed by atoms with Gasteiger partial charge in [0.2, 0.25) is 5.91 Å². The lowest BCUT2D eigenvalue weighted by atomic mass is 10.0. The van der Waals surface area contributed by atoms with Crippen LogP contribution in [0.2, 0.25) is 0 Å². The van der Waals surface area contributed by atoms with E-state index in [0.29, 0.717) is 6.04 Å². The second-order valence-electron chi connectivity index (χ2n) is 5.27. The van der Waals surface area contributed by atoms with Gasteiger partial charge in [-0.05, 0) is 32.4 Å². The maximum Gasteiger partial charge on any atom is 0.239 e. The average Bonchev–Trinajstić information content (AvgIpc) is 2.62. The minimum Gasteiger partial charge on any atom is -0.343 e. The van der Waals surface area contributed by atoms with Crippen molar-refractivity contribution in [3.8, 4) is 0 Å². The summed E-state index contributed by atoms with van der Waals surface area (Å²) in [5.41, 5.74) is 5.87. The fourth-order valence-corrected chi connectivity index (χ4v) is 2.16. The lowest BCUT2D eigenvalue weighted by Crippen LogP contribution is -2.48. The summed E-state index contributed by atoms with van der Waals surface area (Å²) in [6, 6.07) is 0.144. The van der Waals surface area contributed by atoms with Gasteiger partial charge in [0.1, 0.15) is 0 Å². The first kappa shape index (κ1) is 13.5. The number of likely N-dealkylation sites (tertiary alicyclic amines) is 1. The molecule has 94 valence electrons. The van der Waals surface area contributed by atoms with Crippen LogP contribution < -0.4 is 5.73 Å². The number of hydrogen-bond donors (Lipinski definition) is 1. The Morgan fingerprint density at radius 3 is 2.62 bits per heavy atom. The molecule has 4 nitrogen and oxygen atoms in total. The standard InChI is InChI=1S/C12H25N3O/c1-9(2)11(13)12(16)15(4)8-10-6-5-7-14(10)3/h9-11H,5-8,13H2,1-4H3/t10?,11-/m1/s1. The van der Waals surface area contributed by atoms with Crippen molar-refractivity contribution < 1.29 is 4.79 Å². The molecule has 1 heterocycles. The molecule has 4 heteroatoms. The second-order valence-corrected chi connectivity index (χ2v) is 5.27. The molecular weight excluding hydrogens is 202 g/mol. The van der Waals surface area contributed by atoms with Gasteiger partial charge in [-0.25, -0.2) is 0 Å². The molecule has 0 spiro atoms. The number of rotatable bonds is 4. The van der Waals surface area contributed by atoms with Gasteiger partial charge < -0.3 is 15.5 Å². The number of carbonyl (C=O) groups is 1. The molecule has 0 aromatic rings. The van der Waals surface area contributed by atoms with Crippen molar-refractivity contribution in [2.45, 2.75) is 38.8 Å². The van der Waals surface area contributed by atoms with Crippen LogP contribution in [0.5, 0.6) is 0 Å². The predicted octanol–water partition coefficient (Wildman–Crippen LogP) is 0.522. The summed E-state index contributed by atoms with van der Waals surface area (Å²) in [7, 11) is 3.98. The first-order valence-electron chi connectivity index (χ1n) is 6.14. The van der Waals surface area contributed by atoms with Gasteiger partial charge in [0.15, 0.2) is 0 Å². The van der Waals surface area contributed by atoms with Crippen molar-refractivity contribution in [1.29, 1.82) is 0 Å². The quantitative estimate of drug-likeness (QED) is 0.762. The highest BCUT2D eigenvalue weighted by Gasteiger charge is 2.26. The molecule has 1 fully saturated rings. The first-order chi connectivity index (χ1) is 7.43. The van der Waals surface area contributed by atoms with E-state index >= 15 is 0 Å². The third kappa shape index (κ3) is 3.19. The highest BCUT2D eigenvalue weighted by atomic mass is 16.2. The van der Waals surface area contributed by atoms with Crippen LogP contribution >= 0.6 is 0 Å². The zero-order valence-electron chi connectivity index (χ0n) is 10.9. The van der Waals surface area contributed by atoms with Crippen molar-refractivity contribution in [3.63, 3.8) is 0 Å². The monoisotopic (exact) mass is 227 g/mol. The molecule has 0 bridgehead atoms. The molecule has 0 aromatic carbocycles. The minimum atomic E-state index is -0.364. The van der Waals surface area contributed by atoms with Gasteiger partial charge in [-0.3, -0.25) is 4.79 Å². The molecule has 0 saturated carbocycles. The number of hydrogen-bond acceptors (Lipinski definition) is 3. The van der Waals surface area contributed by atoms with Crippen LogP contribution in [-0.4, -0.2) is 55.0 Å². The first-order valence-corrected chi connectivity index (χ1v) is 6.14. The third-order valence-corrected chi connectivity index (χ3v) is 3.54. The molecular formula is C12H25N3O. The fraction of sp³-hybridized carbons (Fsp3) is 0.917. The van der Waals surface area contributed by atoms with Crippen LogP contribution in [0.3, 0.4) is 0 Å². The van der Waals surface area contributed by atoms with Gasteiger partial charge in [-0.1, -0.05) is 13.8 Å². The van der Waals surface area contributed by atoms with E-state index in [2.05, 4.69) is 11.9 Å². The maximum atomic E-state index is 12.0. The molecule has 1 aliphatic rings. The SMILES string of the molecule is CC(C)[C@@H](N)C(=O)N(C)CC1CCCN1C. The Labute approximate surface area is 98.8 Å². The summed E-state index contributed by atoms with van der Waals surface area (Å²) < 4.78 is 0. The van der Waals surface area contributed by atoms with E-state index in [1.807, 2.05) is 20.9 Å². The van der Waals surface area contributed by atoms with E-state index in [0.717, 1.165) is 13.1 Å². The van der Waals surface area contributed by atoms with Crippen LogP contribution in [-0.2, 0) is 4.79 Å². The molecule has 2 N–H and O–H groups in total. The van der Waals surface area contributed by atoms with Crippen molar-refractivity contribution in [2.75, 3.05) is 27.2 Å². The Hall–Kier alpha value is -0.610. The summed E-state index contributed by atoms with van der Waals surface area (Å²) in [6.07, 6.45) is 2.42. The molecule has 0 radical (unpaired) electrons. The van der Waals surface area contributed by atoms with Gasteiger partial charge >= 0.3 is 0 Å². The lowest BCUT2D eigenvalue weighted by Gasteiger charge is -2.28. The van der Waals surface area contributed by atoms with E-state index in [1.165, 1.54) is 12.8 Å². The Morgan fingerprint density at radius 1 is 1.56 bits per heavy atom. The molecule has 2 atom stereocenters. The van der Waals surface area contributed by atoms with Crippen molar-refractivity contribution >= 4 is 5.91 Å². The van der Waals surface area contributed by atoms with Gasteiger partial charge in [-0.15, -0.1) is 0 Å². The topological polar surface area (TPSA) is 49.6 Å². The van der Waals surface area contributed by atoms with Gasteiger partial charge in [0.25, 0.3) is 0 Å². The number of amides is 1. The molecule has 1 unspecified atom stereocenters. The number of nitrogens with zero attached hydrogens (tertiary/aromatic N) is 2. The lowest BCUT2D eigenvalue weighted by molar-refractivity contribution is -0.132. The van der Waals surface area contributed by atoms with Crippen molar-refractivity contribution in [3.05, 3.63) is 0 Å². The maximum absolute atomic E-state index is 12.0. The van der Waals surface area contributed by atoms with Crippen molar-refractivity contribution in [1.82, 2.24) is 9.80 Å². The second kappa shape index (κ2) is 5.64. The van der Waals surface area contributed by atoms with E-state index in [-0.39, 0.29) is 17.9 Å². The Balaban J connectivity index is 2.45. The number of nitrogens with two attached hydrogens (primary N) is 1. The van der Waals surface area contributed by atoms with E-state index in [1.54, 1.807) is 4.90 Å². The summed E-state index contributed by atoms with van der Waals surface area (Å²) >= 11 is 0.